The molecular weight excluding hydrogens is 364 g/mol. The van der Waals surface area contributed by atoms with Crippen LogP contribution < -0.4 is 5.32 Å². The lowest BCUT2D eigenvalue weighted by Gasteiger charge is -2.29. The summed E-state index contributed by atoms with van der Waals surface area (Å²) in [5.74, 6) is 0.403. The fraction of sp³-hybridized carbons (Fsp3) is 0.737. The van der Waals surface area contributed by atoms with Crippen molar-refractivity contribution in [1.29, 1.82) is 0 Å². The van der Waals surface area contributed by atoms with Crippen LogP contribution in [0.4, 0.5) is 5.13 Å². The molecule has 0 aliphatic carbocycles. The van der Waals surface area contributed by atoms with Gasteiger partial charge in [-0.05, 0) is 38.8 Å². The average Bonchev–Trinajstić information content (AvgIpc) is 3.17. The maximum Gasteiger partial charge on any atom is 0.231 e. The summed E-state index contributed by atoms with van der Waals surface area (Å²) in [4.78, 5) is 34.5. The molecule has 1 atom stereocenters. The Balaban J connectivity index is 1.53. The summed E-state index contributed by atoms with van der Waals surface area (Å²) in [7, 11) is 1.61. The molecule has 1 aromatic rings. The van der Waals surface area contributed by atoms with Crippen LogP contribution in [0.2, 0.25) is 0 Å². The van der Waals surface area contributed by atoms with Gasteiger partial charge in [0, 0.05) is 38.0 Å². The number of rotatable bonds is 7. The standard InChI is InChI=1S/C19H30N4O3S/c1-13-4-6-22(7-5-13)12-16-14(2)20-19(27-16)21-18(25)15-10-17(24)23(11-15)8-9-26-3/h13,15H,4-12H2,1-3H3,(H,20,21,25). The summed E-state index contributed by atoms with van der Waals surface area (Å²) in [6.07, 6.45) is 2.76. The monoisotopic (exact) mass is 394 g/mol. The van der Waals surface area contributed by atoms with Crippen molar-refractivity contribution >= 4 is 28.3 Å². The van der Waals surface area contributed by atoms with Crippen molar-refractivity contribution in [3.8, 4) is 0 Å². The van der Waals surface area contributed by atoms with Crippen molar-refractivity contribution in [2.45, 2.75) is 39.7 Å². The molecule has 1 aromatic heterocycles. The number of amides is 2. The Labute approximate surface area is 165 Å². The van der Waals surface area contributed by atoms with Crippen molar-refractivity contribution in [3.05, 3.63) is 10.6 Å². The zero-order chi connectivity index (χ0) is 19.4. The second-order valence-corrected chi connectivity index (χ2v) is 8.79. The quantitative estimate of drug-likeness (QED) is 0.767. The smallest absolute Gasteiger partial charge is 0.231 e. The first-order valence-electron chi connectivity index (χ1n) is 9.72. The van der Waals surface area contributed by atoms with Crippen LogP contribution in [0.25, 0.3) is 0 Å². The number of piperidine rings is 1. The fourth-order valence-electron chi connectivity index (χ4n) is 3.62. The average molecular weight is 395 g/mol. The topological polar surface area (TPSA) is 74.8 Å². The Kier molecular flexibility index (Phi) is 6.83. The van der Waals surface area contributed by atoms with E-state index in [1.165, 1.54) is 17.7 Å². The number of thiazole rings is 1. The molecule has 0 bridgehead atoms. The number of ether oxygens (including phenoxy) is 1. The number of likely N-dealkylation sites (tertiary alicyclic amines) is 2. The van der Waals surface area contributed by atoms with Gasteiger partial charge in [-0.2, -0.15) is 0 Å². The summed E-state index contributed by atoms with van der Waals surface area (Å²) in [6, 6.07) is 0. The highest BCUT2D eigenvalue weighted by molar-refractivity contribution is 7.15. The predicted octanol–water partition coefficient (Wildman–Crippen LogP) is 2.12. The molecule has 2 aliphatic heterocycles. The largest absolute Gasteiger partial charge is 0.383 e. The van der Waals surface area contributed by atoms with Gasteiger partial charge in [0.1, 0.15) is 0 Å². The summed E-state index contributed by atoms with van der Waals surface area (Å²) in [5.41, 5.74) is 0.984. The first-order valence-corrected chi connectivity index (χ1v) is 10.5. The predicted molar refractivity (Wildman–Crippen MR) is 106 cm³/mol. The molecule has 150 valence electrons. The molecule has 3 rings (SSSR count). The van der Waals surface area contributed by atoms with Crippen LogP contribution in [0.3, 0.4) is 0 Å². The van der Waals surface area contributed by atoms with E-state index in [9.17, 15) is 9.59 Å². The van der Waals surface area contributed by atoms with Crippen molar-refractivity contribution < 1.29 is 14.3 Å². The maximum atomic E-state index is 12.6. The van der Waals surface area contributed by atoms with Gasteiger partial charge in [0.15, 0.2) is 5.13 Å². The van der Waals surface area contributed by atoms with Crippen LogP contribution in [0.15, 0.2) is 0 Å². The minimum absolute atomic E-state index is 0.0162. The van der Waals surface area contributed by atoms with Crippen LogP contribution in [-0.4, -0.2) is 66.5 Å². The number of hydrogen-bond donors (Lipinski definition) is 1. The van der Waals surface area contributed by atoms with Gasteiger partial charge >= 0.3 is 0 Å². The minimum Gasteiger partial charge on any atom is -0.383 e. The van der Waals surface area contributed by atoms with Gasteiger partial charge in [-0.15, -0.1) is 11.3 Å². The van der Waals surface area contributed by atoms with Gasteiger partial charge in [0.2, 0.25) is 11.8 Å². The molecule has 2 aliphatic rings. The molecule has 0 spiro atoms. The second kappa shape index (κ2) is 9.12. The SMILES string of the molecule is COCCN1CC(C(=O)Nc2nc(C)c(CN3CCC(C)CC3)s2)CC1=O. The minimum atomic E-state index is -0.314. The first-order chi connectivity index (χ1) is 13.0. The van der Waals surface area contributed by atoms with Crippen molar-refractivity contribution in [2.75, 3.05) is 45.2 Å². The Morgan fingerprint density at radius 3 is 2.81 bits per heavy atom. The molecular formula is C19H30N4O3S. The van der Waals surface area contributed by atoms with Gasteiger partial charge < -0.3 is 15.0 Å². The fourth-order valence-corrected chi connectivity index (χ4v) is 4.63. The van der Waals surface area contributed by atoms with Gasteiger partial charge in [0.05, 0.1) is 18.2 Å². The van der Waals surface area contributed by atoms with E-state index >= 15 is 0 Å². The van der Waals surface area contributed by atoms with E-state index in [1.54, 1.807) is 23.3 Å². The molecule has 7 nitrogen and oxygen atoms in total. The lowest BCUT2D eigenvalue weighted by molar-refractivity contribution is -0.128. The Bertz CT molecular complexity index is 670. The van der Waals surface area contributed by atoms with Crippen LogP contribution in [0.1, 0.15) is 36.8 Å². The first kappa shape index (κ1) is 20.2. The molecule has 8 heteroatoms. The van der Waals surface area contributed by atoms with E-state index in [0.29, 0.717) is 24.8 Å². The number of carbonyl (C=O) groups excluding carboxylic acids is 2. The van der Waals surface area contributed by atoms with Gasteiger partial charge in [-0.25, -0.2) is 4.98 Å². The number of nitrogens with zero attached hydrogens (tertiary/aromatic N) is 3. The third kappa shape index (κ3) is 5.27. The zero-order valence-corrected chi connectivity index (χ0v) is 17.3. The van der Waals surface area contributed by atoms with Crippen LogP contribution in [0.5, 0.6) is 0 Å². The number of hydrogen-bond acceptors (Lipinski definition) is 6. The van der Waals surface area contributed by atoms with Crippen LogP contribution >= 0.6 is 11.3 Å². The molecule has 0 saturated carbocycles. The number of anilines is 1. The van der Waals surface area contributed by atoms with E-state index < -0.39 is 0 Å². The highest BCUT2D eigenvalue weighted by Gasteiger charge is 2.34. The molecule has 27 heavy (non-hydrogen) atoms. The summed E-state index contributed by atoms with van der Waals surface area (Å²) >= 11 is 1.55. The molecule has 0 aromatic carbocycles. The van der Waals surface area contributed by atoms with E-state index in [1.807, 2.05) is 6.92 Å². The van der Waals surface area contributed by atoms with Gasteiger partial charge in [0.25, 0.3) is 0 Å². The molecule has 1 unspecified atom stereocenters. The van der Waals surface area contributed by atoms with Crippen molar-refractivity contribution in [1.82, 2.24) is 14.8 Å². The number of nitrogens with one attached hydrogen (secondary N) is 1. The Morgan fingerprint density at radius 1 is 1.37 bits per heavy atom. The van der Waals surface area contributed by atoms with Gasteiger partial charge in [-0.3, -0.25) is 14.5 Å². The van der Waals surface area contributed by atoms with E-state index in [0.717, 1.165) is 31.2 Å². The normalized spacial score (nSPS) is 21.8. The molecule has 2 amide bonds. The third-order valence-corrected chi connectivity index (χ3v) is 6.57. The van der Waals surface area contributed by atoms with E-state index in [4.69, 9.17) is 4.74 Å². The molecule has 1 N–H and O–H groups in total. The molecule has 2 fully saturated rings. The highest BCUT2D eigenvalue weighted by atomic mass is 32.1. The van der Waals surface area contributed by atoms with Crippen molar-refractivity contribution in [2.24, 2.45) is 11.8 Å². The van der Waals surface area contributed by atoms with Crippen LogP contribution in [-0.2, 0) is 20.9 Å². The Morgan fingerprint density at radius 2 is 2.11 bits per heavy atom. The lowest BCUT2D eigenvalue weighted by Crippen LogP contribution is -2.32. The number of aryl methyl sites for hydroxylation is 1. The highest BCUT2D eigenvalue weighted by Crippen LogP contribution is 2.27. The number of methoxy groups -OCH3 is 1. The Hall–Kier alpha value is -1.51. The van der Waals surface area contributed by atoms with Crippen molar-refractivity contribution in [3.63, 3.8) is 0 Å². The molecule has 2 saturated heterocycles. The van der Waals surface area contributed by atoms with Gasteiger partial charge in [-0.1, -0.05) is 6.92 Å². The van der Waals surface area contributed by atoms with E-state index in [-0.39, 0.29) is 24.2 Å². The third-order valence-electron chi connectivity index (χ3n) is 5.52. The maximum absolute atomic E-state index is 12.6. The number of carbonyl (C=O) groups is 2. The second-order valence-electron chi connectivity index (χ2n) is 7.71. The van der Waals surface area contributed by atoms with E-state index in [2.05, 4.69) is 22.1 Å². The molecule has 0 radical (unpaired) electrons. The summed E-state index contributed by atoms with van der Waals surface area (Å²) < 4.78 is 5.02. The van der Waals surface area contributed by atoms with Crippen LogP contribution in [0, 0.1) is 18.8 Å². The lowest BCUT2D eigenvalue weighted by atomic mass is 9.99. The molecule has 3 heterocycles. The summed E-state index contributed by atoms with van der Waals surface area (Å²) in [5, 5.41) is 3.57. The number of aromatic nitrogens is 1. The summed E-state index contributed by atoms with van der Waals surface area (Å²) in [6.45, 7) is 8.95. The zero-order valence-electron chi connectivity index (χ0n) is 16.5.